The first-order valence-electron chi connectivity index (χ1n) is 9.57. The van der Waals surface area contributed by atoms with Crippen molar-refractivity contribution in [3.63, 3.8) is 0 Å². The minimum Gasteiger partial charge on any atom is -0.512 e. The Hall–Kier alpha value is -1.36. The Morgan fingerprint density at radius 1 is 0.739 bits per heavy atom. The summed E-state index contributed by atoms with van der Waals surface area (Å²) in [6.45, 7) is 10.5. The van der Waals surface area contributed by atoms with Crippen LogP contribution in [0.1, 0.15) is 90.0 Å². The predicted octanol–water partition coefficient (Wildman–Crippen LogP) is 5.94. The highest BCUT2D eigenvalue weighted by Crippen LogP contribution is 2.10. The lowest BCUT2D eigenvalue weighted by Crippen LogP contribution is -2.32. The molecule has 0 atom stereocenters. The summed E-state index contributed by atoms with van der Waals surface area (Å²) in [5, 5.41) is 6.25. The van der Waals surface area contributed by atoms with E-state index in [2.05, 4.69) is 42.9 Å². The molecule has 0 bridgehead atoms. The summed E-state index contributed by atoms with van der Waals surface area (Å²) in [5.74, 6) is 0. The van der Waals surface area contributed by atoms with Crippen molar-refractivity contribution in [1.82, 2.24) is 0 Å². The number of aromatic nitrogens is 1. The molecule has 0 N–H and O–H groups in total. The number of hydrogen-bond acceptors (Lipinski definition) is 1. The van der Waals surface area contributed by atoms with Crippen molar-refractivity contribution in [1.29, 1.82) is 5.26 Å². The third kappa shape index (κ3) is 12.8. The molecule has 0 amide bonds. The molecule has 0 aliphatic rings. The Morgan fingerprint density at radius 2 is 1.22 bits per heavy atom. The maximum Gasteiger partial charge on any atom is 0.169 e. The molecule has 1 aromatic rings. The second-order valence-corrected chi connectivity index (χ2v) is 6.38. The van der Waals surface area contributed by atoms with Crippen molar-refractivity contribution in [2.75, 3.05) is 0 Å². The molecule has 2 nitrogen and oxygen atoms in total. The quantitative estimate of drug-likeness (QED) is 0.251. The zero-order valence-corrected chi connectivity index (χ0v) is 15.4. The van der Waals surface area contributed by atoms with Crippen LogP contribution in [0.2, 0.25) is 0 Å². The van der Waals surface area contributed by atoms with Gasteiger partial charge >= 0.3 is 0 Å². The molecule has 0 spiro atoms. The van der Waals surface area contributed by atoms with E-state index in [1.54, 1.807) is 0 Å². The number of nitrogens with zero attached hydrogens (tertiary/aromatic N) is 2. The molecular formula is C21H36N2. The van der Waals surface area contributed by atoms with Crippen molar-refractivity contribution in [2.45, 2.75) is 97.4 Å². The largest absolute Gasteiger partial charge is 0.512 e. The van der Waals surface area contributed by atoms with Crippen LogP contribution in [0.5, 0.6) is 0 Å². The molecule has 0 fully saturated rings. The minimum absolute atomic E-state index is 1.18. The van der Waals surface area contributed by atoms with Crippen LogP contribution in [0.15, 0.2) is 24.5 Å². The second-order valence-electron chi connectivity index (χ2n) is 6.38. The van der Waals surface area contributed by atoms with E-state index in [9.17, 15) is 0 Å². The lowest BCUT2D eigenvalue weighted by molar-refractivity contribution is -0.697. The smallest absolute Gasteiger partial charge is 0.169 e. The van der Waals surface area contributed by atoms with Crippen molar-refractivity contribution < 1.29 is 4.57 Å². The summed E-state index contributed by atoms with van der Waals surface area (Å²) >= 11 is 0. The van der Waals surface area contributed by atoms with Gasteiger partial charge in [-0.3, -0.25) is 0 Å². The van der Waals surface area contributed by atoms with Crippen LogP contribution >= 0.6 is 0 Å². The number of pyridine rings is 1. The van der Waals surface area contributed by atoms with Crippen LogP contribution in [-0.4, -0.2) is 0 Å². The summed E-state index contributed by atoms with van der Waals surface area (Å²) in [5.41, 5.74) is 1.47. The lowest BCUT2D eigenvalue weighted by atomic mass is 10.1. The molecule has 0 radical (unpaired) electrons. The first-order chi connectivity index (χ1) is 11.4. The fraction of sp³-hybridized carbons (Fsp3) is 0.714. The Morgan fingerprint density at radius 3 is 1.70 bits per heavy atom. The van der Waals surface area contributed by atoms with Gasteiger partial charge in [-0.1, -0.05) is 71.6 Å². The topological polar surface area (TPSA) is 27.7 Å². The molecule has 0 saturated carbocycles. The molecule has 1 aromatic heterocycles. The van der Waals surface area contributed by atoms with Crippen molar-refractivity contribution in [2.24, 2.45) is 0 Å². The highest BCUT2D eigenvalue weighted by molar-refractivity contribution is 5.06. The molecule has 0 saturated heterocycles. The Labute approximate surface area is 144 Å². The van der Waals surface area contributed by atoms with E-state index in [1.165, 1.54) is 89.2 Å². The monoisotopic (exact) mass is 316 g/mol. The molecule has 1 heterocycles. The molecular weight excluding hydrogens is 280 g/mol. The molecule has 130 valence electrons. The van der Waals surface area contributed by atoms with Crippen LogP contribution in [0.4, 0.5) is 0 Å². The number of hydrogen-bond donors (Lipinski definition) is 0. The Balaban J connectivity index is 0.00000232. The highest BCUT2D eigenvalue weighted by Gasteiger charge is 2.00. The fourth-order valence-electron chi connectivity index (χ4n) is 2.87. The molecule has 2 heteroatoms. The van der Waals surface area contributed by atoms with Gasteiger partial charge in [-0.2, -0.15) is 0 Å². The Kier molecular flexibility index (Phi) is 16.0. The summed E-state index contributed by atoms with van der Waals surface area (Å²) in [7, 11) is 0. The lowest BCUT2D eigenvalue weighted by Gasteiger charge is -2.02. The molecule has 0 aliphatic carbocycles. The predicted molar refractivity (Wildman–Crippen MR) is 97.4 cm³/mol. The fourth-order valence-corrected chi connectivity index (χ4v) is 2.87. The SMILES string of the molecule is CCCCCCCCCCCC[n+]1ccc(CCC)cc1.[C-]#N. The van der Waals surface area contributed by atoms with Gasteiger partial charge in [0.25, 0.3) is 0 Å². The minimum atomic E-state index is 1.18. The molecule has 0 aliphatic heterocycles. The molecule has 1 rings (SSSR count). The van der Waals surface area contributed by atoms with Gasteiger partial charge in [0.15, 0.2) is 12.4 Å². The van der Waals surface area contributed by atoms with E-state index in [1.807, 2.05) is 0 Å². The van der Waals surface area contributed by atoms with Gasteiger partial charge in [0.1, 0.15) is 6.54 Å². The zero-order chi connectivity index (χ0) is 17.2. The number of aryl methyl sites for hydroxylation is 2. The molecule has 23 heavy (non-hydrogen) atoms. The highest BCUT2D eigenvalue weighted by atomic mass is 14.9. The van der Waals surface area contributed by atoms with Crippen LogP contribution in [-0.2, 0) is 13.0 Å². The zero-order valence-electron chi connectivity index (χ0n) is 15.4. The molecule has 0 aromatic carbocycles. The first-order valence-corrected chi connectivity index (χ1v) is 9.57. The van der Waals surface area contributed by atoms with Gasteiger partial charge in [0, 0.05) is 18.6 Å². The van der Waals surface area contributed by atoms with E-state index >= 15 is 0 Å². The molecule has 0 unspecified atom stereocenters. The van der Waals surface area contributed by atoms with Gasteiger partial charge in [-0.25, -0.2) is 4.57 Å². The van der Waals surface area contributed by atoms with E-state index in [0.717, 1.165) is 0 Å². The van der Waals surface area contributed by atoms with Gasteiger partial charge in [-0.15, -0.1) is 0 Å². The first kappa shape index (κ1) is 21.6. The normalized spacial score (nSPS) is 10.1. The van der Waals surface area contributed by atoms with Gasteiger partial charge in [-0.05, 0) is 18.4 Å². The maximum absolute atomic E-state index is 6.25. The van der Waals surface area contributed by atoms with Crippen LogP contribution in [0.3, 0.4) is 0 Å². The van der Waals surface area contributed by atoms with E-state index in [0.29, 0.717) is 0 Å². The van der Waals surface area contributed by atoms with E-state index in [4.69, 9.17) is 11.8 Å². The van der Waals surface area contributed by atoms with E-state index in [-0.39, 0.29) is 0 Å². The van der Waals surface area contributed by atoms with Gasteiger partial charge < -0.3 is 11.8 Å². The average molecular weight is 317 g/mol. The summed E-state index contributed by atoms with van der Waals surface area (Å²) in [6.07, 6.45) is 21.1. The van der Waals surface area contributed by atoms with Crippen molar-refractivity contribution >= 4 is 0 Å². The number of unbranched alkanes of at least 4 members (excludes halogenated alkanes) is 9. The van der Waals surface area contributed by atoms with Crippen LogP contribution < -0.4 is 4.57 Å². The van der Waals surface area contributed by atoms with E-state index < -0.39 is 0 Å². The summed E-state index contributed by atoms with van der Waals surface area (Å²) < 4.78 is 2.34. The number of rotatable bonds is 13. The Bertz CT molecular complexity index is 367. The third-order valence-corrected chi connectivity index (χ3v) is 4.27. The summed E-state index contributed by atoms with van der Waals surface area (Å²) in [6, 6.07) is 4.56. The van der Waals surface area contributed by atoms with Crippen molar-refractivity contribution in [3.8, 4) is 0 Å². The van der Waals surface area contributed by atoms with Crippen LogP contribution in [0, 0.1) is 11.8 Å². The summed E-state index contributed by atoms with van der Waals surface area (Å²) in [4.78, 5) is 0. The van der Waals surface area contributed by atoms with Crippen molar-refractivity contribution in [3.05, 3.63) is 36.7 Å². The van der Waals surface area contributed by atoms with Gasteiger partial charge in [0.2, 0.25) is 0 Å². The average Bonchev–Trinajstić information content (AvgIpc) is 2.60. The second kappa shape index (κ2) is 17.0. The third-order valence-electron chi connectivity index (χ3n) is 4.27. The maximum atomic E-state index is 6.25. The van der Waals surface area contributed by atoms with Crippen LogP contribution in [0.25, 0.3) is 0 Å². The standard InChI is InChI=1S/C20H36N.CN/c1-3-5-6-7-8-9-10-11-12-13-17-21-18-15-20(14-4-2)16-19-21;1-2/h15-16,18-19H,3-14,17H2,1-2H3;/q+1;-1. The van der Waals surface area contributed by atoms with Gasteiger partial charge in [0.05, 0.1) is 0 Å².